The second-order valence-corrected chi connectivity index (χ2v) is 11.1. The van der Waals surface area contributed by atoms with Crippen molar-refractivity contribution in [3.8, 4) is 5.75 Å². The molecule has 3 aromatic carbocycles. The quantitative estimate of drug-likeness (QED) is 0.184. The van der Waals surface area contributed by atoms with Crippen LogP contribution in [0.2, 0.25) is 10.0 Å². The first kappa shape index (κ1) is 28.6. The number of carbonyl (C=O) groups excluding carboxylic acids is 1. The normalized spacial score (nSPS) is 12.4. The molecule has 0 radical (unpaired) electrons. The molecule has 1 amide bonds. The van der Waals surface area contributed by atoms with Crippen LogP contribution in [0.3, 0.4) is 0 Å². The molecule has 1 atom stereocenters. The lowest BCUT2D eigenvalue weighted by Crippen LogP contribution is -2.43. The Morgan fingerprint density at radius 3 is 2.51 bits per heavy atom. The Morgan fingerprint density at radius 2 is 1.74 bits per heavy atom. The number of aliphatic hydroxyl groups is 1. The molecule has 0 fully saturated rings. The lowest BCUT2D eigenvalue weighted by atomic mass is 9.92. The maximum absolute atomic E-state index is 12.5. The highest BCUT2D eigenvalue weighted by molar-refractivity contribution is 6.42. The average molecular weight is 569 g/mol. The third-order valence-corrected chi connectivity index (χ3v) is 7.25. The van der Waals surface area contributed by atoms with E-state index in [2.05, 4.69) is 15.6 Å². The van der Waals surface area contributed by atoms with Gasteiger partial charge in [0.15, 0.2) is 0 Å². The van der Waals surface area contributed by atoms with Gasteiger partial charge < -0.3 is 25.8 Å². The molecule has 0 aliphatic rings. The number of amides is 1. The van der Waals surface area contributed by atoms with Crippen molar-refractivity contribution < 1.29 is 15.0 Å². The summed E-state index contributed by atoms with van der Waals surface area (Å²) >= 11 is 12.0. The number of hydrogen-bond acceptors (Lipinski definition) is 5. The Labute approximate surface area is 236 Å². The Kier molecular flexibility index (Phi) is 8.97. The Hall–Kier alpha value is -3.36. The molecule has 0 unspecified atom stereocenters. The van der Waals surface area contributed by atoms with Gasteiger partial charge in [-0.1, -0.05) is 59.6 Å². The zero-order chi connectivity index (χ0) is 28.2. The number of aromatic amines is 1. The number of pyridine rings is 1. The van der Waals surface area contributed by atoms with Crippen LogP contribution in [-0.4, -0.2) is 33.2 Å². The van der Waals surface area contributed by atoms with Crippen LogP contribution >= 0.6 is 23.2 Å². The van der Waals surface area contributed by atoms with Gasteiger partial charge in [-0.15, -0.1) is 0 Å². The van der Waals surface area contributed by atoms with E-state index in [0.29, 0.717) is 39.5 Å². The highest BCUT2D eigenvalue weighted by Crippen LogP contribution is 2.29. The summed E-state index contributed by atoms with van der Waals surface area (Å²) in [7, 11) is 0. The molecule has 1 heterocycles. The van der Waals surface area contributed by atoms with E-state index in [1.165, 1.54) is 12.1 Å². The number of hydrogen-bond donors (Lipinski definition) is 5. The second kappa shape index (κ2) is 12.2. The maximum Gasteiger partial charge on any atom is 0.248 e. The van der Waals surface area contributed by atoms with Crippen LogP contribution < -0.4 is 16.2 Å². The summed E-state index contributed by atoms with van der Waals surface area (Å²) in [4.78, 5) is 26.8. The summed E-state index contributed by atoms with van der Waals surface area (Å²) in [5, 5.41) is 28.9. The molecule has 9 heteroatoms. The molecule has 0 saturated carbocycles. The van der Waals surface area contributed by atoms with Crippen LogP contribution in [0.25, 0.3) is 10.9 Å². The SMILES string of the molecule is CC(C)(Cc1cccc(CC(=O)NCc2ccc(Cl)c(Cl)c2)c1)NC[C@H](O)c1ccc(O)c2[nH]c(=O)ccc12. The lowest BCUT2D eigenvalue weighted by Gasteiger charge is -2.28. The number of carbonyl (C=O) groups is 1. The Bertz CT molecular complexity index is 1550. The first-order valence-corrected chi connectivity index (χ1v) is 13.3. The molecule has 4 aromatic rings. The summed E-state index contributed by atoms with van der Waals surface area (Å²) in [6.07, 6.45) is 0.0590. The van der Waals surface area contributed by atoms with Crippen LogP contribution in [0, 0.1) is 0 Å². The van der Waals surface area contributed by atoms with Crippen LogP contribution in [0.5, 0.6) is 5.75 Å². The van der Waals surface area contributed by atoms with Gasteiger partial charge in [0.2, 0.25) is 11.5 Å². The van der Waals surface area contributed by atoms with Crippen molar-refractivity contribution in [1.82, 2.24) is 15.6 Å². The highest BCUT2D eigenvalue weighted by Gasteiger charge is 2.21. The number of aromatic nitrogens is 1. The Morgan fingerprint density at radius 1 is 0.974 bits per heavy atom. The number of nitrogens with one attached hydrogen (secondary N) is 3. The number of benzene rings is 3. The molecule has 1 aromatic heterocycles. The average Bonchev–Trinajstić information content (AvgIpc) is 2.88. The number of aromatic hydroxyl groups is 1. The standard InChI is InChI=1S/C30H31Cl2N3O4/c1-30(2,34-17-26(37)21-7-10-25(36)29-22(21)8-11-27(38)35-29)15-19-5-3-4-18(12-19)14-28(39)33-16-20-6-9-23(31)24(32)13-20/h3-13,26,34,36-37H,14-17H2,1-2H3,(H,33,39)(H,35,38)/t26-/m0/s1. The minimum atomic E-state index is -0.858. The van der Waals surface area contributed by atoms with Crippen molar-refractivity contribution in [2.75, 3.05) is 6.54 Å². The van der Waals surface area contributed by atoms with Crippen molar-refractivity contribution in [2.45, 2.75) is 44.9 Å². The van der Waals surface area contributed by atoms with E-state index < -0.39 is 6.10 Å². The number of halogens is 2. The van der Waals surface area contributed by atoms with Gasteiger partial charge in [0.1, 0.15) is 5.75 Å². The molecular formula is C30H31Cl2N3O4. The third-order valence-electron chi connectivity index (χ3n) is 6.52. The van der Waals surface area contributed by atoms with E-state index in [4.69, 9.17) is 23.2 Å². The highest BCUT2D eigenvalue weighted by atomic mass is 35.5. The molecule has 0 aliphatic heterocycles. The summed E-state index contributed by atoms with van der Waals surface area (Å²) < 4.78 is 0. The van der Waals surface area contributed by atoms with Gasteiger partial charge in [0.25, 0.3) is 0 Å². The molecule has 0 bridgehead atoms. The van der Waals surface area contributed by atoms with E-state index in [-0.39, 0.29) is 35.7 Å². The predicted octanol–water partition coefficient (Wildman–Crippen LogP) is 5.04. The fraction of sp³-hybridized carbons (Fsp3) is 0.267. The van der Waals surface area contributed by atoms with Gasteiger partial charge in [-0.3, -0.25) is 9.59 Å². The largest absolute Gasteiger partial charge is 0.506 e. The van der Waals surface area contributed by atoms with Crippen molar-refractivity contribution in [1.29, 1.82) is 0 Å². The molecule has 204 valence electrons. The molecule has 0 spiro atoms. The zero-order valence-corrected chi connectivity index (χ0v) is 23.2. The molecule has 39 heavy (non-hydrogen) atoms. The van der Waals surface area contributed by atoms with Crippen LogP contribution in [0.4, 0.5) is 0 Å². The van der Waals surface area contributed by atoms with E-state index >= 15 is 0 Å². The summed E-state index contributed by atoms with van der Waals surface area (Å²) in [5.74, 6) is -0.143. The first-order chi connectivity index (χ1) is 18.5. The number of fused-ring (bicyclic) bond motifs is 1. The fourth-order valence-electron chi connectivity index (χ4n) is 4.55. The topological polar surface area (TPSA) is 114 Å². The summed E-state index contributed by atoms with van der Waals surface area (Å²) in [5.41, 5.74) is 3.05. The minimum Gasteiger partial charge on any atom is -0.506 e. The van der Waals surface area contributed by atoms with Crippen molar-refractivity contribution in [2.24, 2.45) is 0 Å². The Balaban J connectivity index is 1.34. The van der Waals surface area contributed by atoms with E-state index in [9.17, 15) is 19.8 Å². The van der Waals surface area contributed by atoms with Gasteiger partial charge in [-0.25, -0.2) is 0 Å². The summed E-state index contributed by atoms with van der Waals surface area (Å²) in [6, 6.07) is 19.3. The lowest BCUT2D eigenvalue weighted by molar-refractivity contribution is -0.120. The minimum absolute atomic E-state index is 0.0464. The smallest absolute Gasteiger partial charge is 0.248 e. The molecule has 0 saturated heterocycles. The van der Waals surface area contributed by atoms with Gasteiger partial charge in [-0.05, 0) is 66.8 Å². The third kappa shape index (κ3) is 7.61. The predicted molar refractivity (Wildman–Crippen MR) is 155 cm³/mol. The van der Waals surface area contributed by atoms with Crippen molar-refractivity contribution in [3.05, 3.63) is 109 Å². The van der Waals surface area contributed by atoms with E-state index in [0.717, 1.165) is 16.7 Å². The fourth-order valence-corrected chi connectivity index (χ4v) is 4.87. The molecule has 5 N–H and O–H groups in total. The van der Waals surface area contributed by atoms with Crippen LogP contribution in [0.15, 0.2) is 71.5 Å². The number of β-amino-alcohol motifs (C(OH)–C–C–N with tert-alkyl or cyclic N) is 1. The summed E-state index contributed by atoms with van der Waals surface area (Å²) in [6.45, 7) is 4.72. The maximum atomic E-state index is 12.5. The monoisotopic (exact) mass is 567 g/mol. The molecule has 4 rings (SSSR count). The van der Waals surface area contributed by atoms with Crippen LogP contribution in [0.1, 0.15) is 42.2 Å². The number of aliphatic hydroxyl groups excluding tert-OH is 1. The first-order valence-electron chi connectivity index (χ1n) is 12.6. The number of H-pyrrole nitrogens is 1. The molecule has 7 nitrogen and oxygen atoms in total. The zero-order valence-electron chi connectivity index (χ0n) is 21.7. The van der Waals surface area contributed by atoms with Crippen LogP contribution in [-0.2, 0) is 24.2 Å². The van der Waals surface area contributed by atoms with Gasteiger partial charge >= 0.3 is 0 Å². The molecular weight excluding hydrogens is 537 g/mol. The van der Waals surface area contributed by atoms with E-state index in [1.807, 2.05) is 44.2 Å². The van der Waals surface area contributed by atoms with Crippen molar-refractivity contribution >= 4 is 40.0 Å². The van der Waals surface area contributed by atoms with Gasteiger partial charge in [0.05, 0.1) is 28.1 Å². The molecule has 0 aliphatic carbocycles. The van der Waals surface area contributed by atoms with Crippen molar-refractivity contribution in [3.63, 3.8) is 0 Å². The van der Waals surface area contributed by atoms with E-state index in [1.54, 1.807) is 24.3 Å². The number of phenols is 1. The number of rotatable bonds is 10. The van der Waals surface area contributed by atoms with Gasteiger partial charge in [0, 0.05) is 30.1 Å². The second-order valence-electron chi connectivity index (χ2n) is 10.3. The number of phenolic OH excluding ortho intramolecular Hbond substituents is 1. The van der Waals surface area contributed by atoms with Gasteiger partial charge in [-0.2, -0.15) is 0 Å².